The van der Waals surface area contributed by atoms with Crippen molar-refractivity contribution in [2.24, 2.45) is 11.8 Å². The highest BCUT2D eigenvalue weighted by Gasteiger charge is 2.44. The van der Waals surface area contributed by atoms with Crippen LogP contribution in [0.1, 0.15) is 36.7 Å². The molecule has 1 aromatic rings. The van der Waals surface area contributed by atoms with Crippen LogP contribution in [-0.2, 0) is 6.54 Å². The SMILES string of the molecule is CC(C)[C@]1(O)CN(Cc2ccc(C(=O)O)cc2)C[C@H]1C. The first kappa shape index (κ1) is 15.0. The molecule has 110 valence electrons. The molecule has 2 atom stereocenters. The van der Waals surface area contributed by atoms with E-state index in [0.29, 0.717) is 12.1 Å². The van der Waals surface area contributed by atoms with Gasteiger partial charge in [0.1, 0.15) is 0 Å². The average Bonchev–Trinajstić information content (AvgIpc) is 2.66. The fourth-order valence-electron chi connectivity index (χ4n) is 3.01. The molecule has 1 aromatic carbocycles. The molecule has 2 rings (SSSR count). The van der Waals surface area contributed by atoms with Crippen LogP contribution in [-0.4, -0.2) is 39.8 Å². The molecule has 1 aliphatic rings. The van der Waals surface area contributed by atoms with Gasteiger partial charge >= 0.3 is 5.97 Å². The second-order valence-corrected chi connectivity index (χ2v) is 6.22. The fourth-order valence-corrected chi connectivity index (χ4v) is 3.01. The van der Waals surface area contributed by atoms with Gasteiger partial charge in [-0.15, -0.1) is 0 Å². The molecule has 0 radical (unpaired) electrons. The van der Waals surface area contributed by atoms with Crippen LogP contribution in [0.25, 0.3) is 0 Å². The van der Waals surface area contributed by atoms with Crippen molar-refractivity contribution < 1.29 is 15.0 Å². The van der Waals surface area contributed by atoms with Gasteiger partial charge in [0.25, 0.3) is 0 Å². The van der Waals surface area contributed by atoms with E-state index < -0.39 is 11.6 Å². The molecule has 0 unspecified atom stereocenters. The van der Waals surface area contributed by atoms with Gasteiger partial charge in [0.15, 0.2) is 0 Å². The number of aromatic carboxylic acids is 1. The molecule has 1 saturated heterocycles. The van der Waals surface area contributed by atoms with Crippen LogP contribution in [0.2, 0.25) is 0 Å². The van der Waals surface area contributed by atoms with Gasteiger partial charge < -0.3 is 10.2 Å². The van der Waals surface area contributed by atoms with Gasteiger partial charge in [0.2, 0.25) is 0 Å². The van der Waals surface area contributed by atoms with Crippen LogP contribution >= 0.6 is 0 Å². The van der Waals surface area contributed by atoms with E-state index >= 15 is 0 Å². The summed E-state index contributed by atoms with van der Waals surface area (Å²) in [6, 6.07) is 6.96. The minimum Gasteiger partial charge on any atom is -0.478 e. The monoisotopic (exact) mass is 277 g/mol. The summed E-state index contributed by atoms with van der Waals surface area (Å²) < 4.78 is 0. The molecule has 0 amide bonds. The lowest BCUT2D eigenvalue weighted by Crippen LogP contribution is -2.42. The van der Waals surface area contributed by atoms with Gasteiger partial charge in [-0.05, 0) is 29.5 Å². The average molecular weight is 277 g/mol. The largest absolute Gasteiger partial charge is 0.478 e. The van der Waals surface area contributed by atoms with E-state index in [1.54, 1.807) is 12.1 Å². The molecular weight excluding hydrogens is 254 g/mol. The predicted molar refractivity (Wildman–Crippen MR) is 77.6 cm³/mol. The van der Waals surface area contributed by atoms with Crippen LogP contribution in [0.3, 0.4) is 0 Å². The van der Waals surface area contributed by atoms with E-state index in [-0.39, 0.29) is 11.8 Å². The Labute approximate surface area is 120 Å². The van der Waals surface area contributed by atoms with E-state index in [1.807, 2.05) is 12.1 Å². The maximum Gasteiger partial charge on any atom is 0.335 e. The van der Waals surface area contributed by atoms with Crippen LogP contribution in [0, 0.1) is 11.8 Å². The molecule has 1 heterocycles. The first-order chi connectivity index (χ1) is 9.33. The summed E-state index contributed by atoms with van der Waals surface area (Å²) in [5, 5.41) is 19.6. The minimum atomic E-state index is -0.902. The van der Waals surface area contributed by atoms with Gasteiger partial charge in [0, 0.05) is 19.6 Å². The van der Waals surface area contributed by atoms with Crippen molar-refractivity contribution in [3.8, 4) is 0 Å². The molecule has 1 aliphatic heterocycles. The summed E-state index contributed by atoms with van der Waals surface area (Å²) in [6.07, 6.45) is 0. The first-order valence-corrected chi connectivity index (χ1v) is 7.10. The summed E-state index contributed by atoms with van der Waals surface area (Å²) in [5.74, 6) is -0.418. The Morgan fingerprint density at radius 2 is 2.00 bits per heavy atom. The van der Waals surface area contributed by atoms with E-state index in [9.17, 15) is 9.90 Å². The van der Waals surface area contributed by atoms with Crippen LogP contribution < -0.4 is 0 Å². The highest BCUT2D eigenvalue weighted by Crippen LogP contribution is 2.34. The Kier molecular flexibility index (Phi) is 4.16. The lowest BCUT2D eigenvalue weighted by molar-refractivity contribution is -0.0255. The second-order valence-electron chi connectivity index (χ2n) is 6.22. The van der Waals surface area contributed by atoms with Crippen LogP contribution in [0.15, 0.2) is 24.3 Å². The van der Waals surface area contributed by atoms with E-state index in [1.165, 1.54) is 0 Å². The smallest absolute Gasteiger partial charge is 0.335 e. The van der Waals surface area contributed by atoms with Gasteiger partial charge in [-0.25, -0.2) is 4.79 Å². The van der Waals surface area contributed by atoms with E-state index in [4.69, 9.17) is 5.11 Å². The molecule has 20 heavy (non-hydrogen) atoms. The lowest BCUT2D eigenvalue weighted by atomic mass is 9.82. The quantitative estimate of drug-likeness (QED) is 0.886. The zero-order valence-corrected chi connectivity index (χ0v) is 12.3. The number of carboxylic acid groups (broad SMARTS) is 1. The molecular formula is C16H23NO3. The third-order valence-corrected chi connectivity index (χ3v) is 4.47. The number of aliphatic hydroxyl groups is 1. The Morgan fingerprint density at radius 1 is 1.40 bits per heavy atom. The van der Waals surface area contributed by atoms with Crippen molar-refractivity contribution in [3.63, 3.8) is 0 Å². The Bertz CT molecular complexity index is 483. The summed E-state index contributed by atoms with van der Waals surface area (Å²) in [7, 11) is 0. The van der Waals surface area contributed by atoms with E-state index in [0.717, 1.165) is 18.7 Å². The number of β-amino-alcohol motifs (C(OH)–C–C–N with tert-alkyl or cyclic N) is 1. The van der Waals surface area contributed by atoms with Crippen LogP contribution in [0.5, 0.6) is 0 Å². The number of rotatable bonds is 4. The number of hydrogen-bond acceptors (Lipinski definition) is 3. The number of nitrogens with zero attached hydrogens (tertiary/aromatic N) is 1. The molecule has 0 aromatic heterocycles. The van der Waals surface area contributed by atoms with Gasteiger partial charge in [-0.2, -0.15) is 0 Å². The van der Waals surface area contributed by atoms with Crippen molar-refractivity contribution in [2.45, 2.75) is 32.9 Å². The van der Waals surface area contributed by atoms with Crippen LogP contribution in [0.4, 0.5) is 0 Å². The summed E-state index contributed by atoms with van der Waals surface area (Å²) in [6.45, 7) is 8.50. The Hall–Kier alpha value is -1.39. The molecule has 0 bridgehead atoms. The van der Waals surface area contributed by atoms with Gasteiger partial charge in [0.05, 0.1) is 11.2 Å². The maximum absolute atomic E-state index is 10.8. The highest BCUT2D eigenvalue weighted by atomic mass is 16.4. The summed E-state index contributed by atoms with van der Waals surface area (Å²) in [5.41, 5.74) is 0.763. The van der Waals surface area contributed by atoms with Gasteiger partial charge in [-0.3, -0.25) is 4.90 Å². The molecule has 4 heteroatoms. The van der Waals surface area contributed by atoms with Crippen molar-refractivity contribution in [3.05, 3.63) is 35.4 Å². The zero-order valence-electron chi connectivity index (χ0n) is 12.3. The third kappa shape index (κ3) is 2.86. The second kappa shape index (κ2) is 5.54. The van der Waals surface area contributed by atoms with Crippen molar-refractivity contribution in [1.82, 2.24) is 4.90 Å². The maximum atomic E-state index is 10.8. The zero-order chi connectivity index (χ0) is 14.9. The Balaban J connectivity index is 2.03. The normalized spacial score (nSPS) is 27.1. The molecule has 2 N–H and O–H groups in total. The molecule has 4 nitrogen and oxygen atoms in total. The van der Waals surface area contributed by atoms with E-state index in [2.05, 4.69) is 25.7 Å². The number of carboxylic acids is 1. The minimum absolute atomic E-state index is 0.233. The first-order valence-electron chi connectivity index (χ1n) is 7.10. The highest BCUT2D eigenvalue weighted by molar-refractivity contribution is 5.87. The van der Waals surface area contributed by atoms with Crippen molar-refractivity contribution in [2.75, 3.05) is 13.1 Å². The number of likely N-dealkylation sites (tertiary alicyclic amines) is 1. The predicted octanol–water partition coefficient (Wildman–Crippen LogP) is 2.22. The number of carbonyl (C=O) groups is 1. The fraction of sp³-hybridized carbons (Fsp3) is 0.562. The van der Waals surface area contributed by atoms with Gasteiger partial charge in [-0.1, -0.05) is 32.9 Å². The standard InChI is InChI=1S/C16H23NO3/c1-11(2)16(20)10-17(8-12(16)3)9-13-4-6-14(7-5-13)15(18)19/h4-7,11-12,20H,8-10H2,1-3H3,(H,18,19)/t12-,16-/m1/s1. The molecule has 0 saturated carbocycles. The summed E-state index contributed by atoms with van der Waals surface area (Å²) >= 11 is 0. The number of benzene rings is 1. The topological polar surface area (TPSA) is 60.8 Å². The number of hydrogen-bond donors (Lipinski definition) is 2. The van der Waals surface area contributed by atoms with Crippen molar-refractivity contribution in [1.29, 1.82) is 0 Å². The molecule has 0 aliphatic carbocycles. The molecule has 1 fully saturated rings. The third-order valence-electron chi connectivity index (χ3n) is 4.47. The lowest BCUT2D eigenvalue weighted by Gasteiger charge is -2.31. The molecule has 0 spiro atoms. The summed E-state index contributed by atoms with van der Waals surface area (Å²) in [4.78, 5) is 13.1. The Morgan fingerprint density at radius 3 is 2.45 bits per heavy atom. The van der Waals surface area contributed by atoms with Crippen molar-refractivity contribution >= 4 is 5.97 Å².